The molecule has 0 rings (SSSR count). The number of rotatable bonds is 7. The summed E-state index contributed by atoms with van der Waals surface area (Å²) in [6.45, 7) is 13.6. The molecule has 0 heterocycles. The van der Waals surface area contributed by atoms with Gasteiger partial charge in [0, 0.05) is 0 Å². The van der Waals surface area contributed by atoms with E-state index in [4.69, 9.17) is 19.1 Å². The summed E-state index contributed by atoms with van der Waals surface area (Å²) in [7, 11) is 1.31. The summed E-state index contributed by atoms with van der Waals surface area (Å²) in [5.41, 5.74) is 0. The molecule has 1 N–H and O–H groups in total. The van der Waals surface area contributed by atoms with Gasteiger partial charge in [0.05, 0.1) is 0 Å². The Morgan fingerprint density at radius 1 is 1.00 bits per heavy atom. The maximum absolute atomic E-state index is 8.80. The minimum atomic E-state index is -0.246. The highest BCUT2D eigenvalue weighted by Gasteiger charge is 2.05. The molecule has 0 aromatic heterocycles. The highest BCUT2D eigenvalue weighted by atomic mass is 16.6. The first kappa shape index (κ1) is 12.3. The van der Waals surface area contributed by atoms with Crippen molar-refractivity contribution in [3.63, 3.8) is 0 Å². The van der Waals surface area contributed by atoms with Gasteiger partial charge in [-0.25, -0.2) is 0 Å². The molecule has 0 saturated carbocycles. The predicted molar refractivity (Wildman–Crippen MR) is 58.1 cm³/mol. The van der Waals surface area contributed by atoms with Gasteiger partial charge in [0.2, 0.25) is 0 Å². The van der Waals surface area contributed by atoms with Crippen molar-refractivity contribution in [1.82, 2.24) is 0 Å². The van der Waals surface area contributed by atoms with Crippen LogP contribution in [0.15, 0.2) is 49.4 Å². The van der Waals surface area contributed by atoms with Crippen molar-refractivity contribution in [3.8, 4) is 0 Å². The molecule has 0 unspecified atom stereocenters. The normalized spacial score (nSPS) is 8.29. The fourth-order valence-electron chi connectivity index (χ4n) is 0.449. The molecule has 0 aliphatic rings. The Kier molecular flexibility index (Phi) is 5.14. The Hall–Kier alpha value is -1.71. The Labute approximate surface area is 84.9 Å². The summed E-state index contributed by atoms with van der Waals surface area (Å²) in [6.07, 6.45) is 0. The van der Waals surface area contributed by atoms with Crippen LogP contribution in [0.3, 0.4) is 0 Å². The molecule has 0 amide bonds. The minimum absolute atomic E-state index is 0.0424. The lowest BCUT2D eigenvalue weighted by Crippen LogP contribution is -2.06. The Balaban J connectivity index is 3.75. The van der Waals surface area contributed by atoms with Crippen LogP contribution in [0.5, 0.6) is 0 Å². The SMILES string of the molecule is BOC(=C)C(=C)OBOC(=C)C(=C)O. The first-order valence-corrected chi connectivity index (χ1v) is 3.74. The summed E-state index contributed by atoms with van der Waals surface area (Å²) in [4.78, 5) is 0. The zero-order chi connectivity index (χ0) is 11.1. The Bertz CT molecular complexity index is 273. The Morgan fingerprint density at radius 2 is 1.50 bits per heavy atom. The third kappa shape index (κ3) is 4.35. The van der Waals surface area contributed by atoms with E-state index in [1.165, 1.54) is 8.05 Å². The number of aliphatic hydroxyl groups excluding tert-OH is 1. The van der Waals surface area contributed by atoms with Gasteiger partial charge in [-0.2, -0.15) is 0 Å². The largest absolute Gasteiger partial charge is 0.576 e. The molecule has 14 heavy (non-hydrogen) atoms. The molecule has 0 aliphatic carbocycles. The second kappa shape index (κ2) is 5.85. The van der Waals surface area contributed by atoms with Gasteiger partial charge >= 0.3 is 15.7 Å². The minimum Gasteiger partial charge on any atom is -0.566 e. The van der Waals surface area contributed by atoms with E-state index in [2.05, 4.69) is 26.3 Å². The molecule has 0 atom stereocenters. The second-order valence-corrected chi connectivity index (χ2v) is 2.33. The molecule has 0 aromatic carbocycles. The van der Waals surface area contributed by atoms with Gasteiger partial charge in [-0.05, 0) is 0 Å². The fraction of sp³-hybridized carbons (Fsp3) is 0. The molecule has 0 bridgehead atoms. The first-order valence-electron chi connectivity index (χ1n) is 3.74. The van der Waals surface area contributed by atoms with E-state index < -0.39 is 0 Å². The lowest BCUT2D eigenvalue weighted by Gasteiger charge is -2.11. The van der Waals surface area contributed by atoms with Crippen LogP contribution in [0.2, 0.25) is 0 Å². The molecule has 0 spiro atoms. The van der Waals surface area contributed by atoms with Crippen LogP contribution < -0.4 is 0 Å². The van der Waals surface area contributed by atoms with Crippen molar-refractivity contribution >= 4 is 15.7 Å². The maximum Gasteiger partial charge on any atom is 0.576 e. The third-order valence-corrected chi connectivity index (χ3v) is 1.35. The van der Waals surface area contributed by atoms with Gasteiger partial charge in [-0.3, -0.25) is 0 Å². The Morgan fingerprint density at radius 3 is 1.93 bits per heavy atom. The van der Waals surface area contributed by atoms with Crippen LogP contribution in [0.25, 0.3) is 0 Å². The standard InChI is InChI=1S/C8H12B2O4/c1-5(11)6(2)13-10-14-8(4)7(3)12-9/h10-11H,1-4,9H2. The van der Waals surface area contributed by atoms with Crippen LogP contribution in [-0.2, 0) is 14.0 Å². The van der Waals surface area contributed by atoms with Crippen LogP contribution in [0, 0.1) is 0 Å². The molecule has 0 saturated heterocycles. The molecule has 0 fully saturated rings. The van der Waals surface area contributed by atoms with Gasteiger partial charge in [0.15, 0.2) is 0 Å². The van der Waals surface area contributed by atoms with Crippen LogP contribution >= 0.6 is 0 Å². The predicted octanol–water partition coefficient (Wildman–Crippen LogP) is 0.464. The van der Waals surface area contributed by atoms with Crippen molar-refractivity contribution < 1.29 is 19.1 Å². The van der Waals surface area contributed by atoms with E-state index in [-0.39, 0.29) is 25.0 Å². The van der Waals surface area contributed by atoms with Crippen LogP contribution in [0.1, 0.15) is 0 Å². The van der Waals surface area contributed by atoms with E-state index in [1.807, 2.05) is 0 Å². The third-order valence-electron chi connectivity index (χ3n) is 1.35. The summed E-state index contributed by atoms with van der Waals surface area (Å²) in [5, 5.41) is 8.80. The molecule has 0 aromatic rings. The van der Waals surface area contributed by atoms with Crippen molar-refractivity contribution in [2.24, 2.45) is 0 Å². The molecule has 0 aliphatic heterocycles. The smallest absolute Gasteiger partial charge is 0.566 e. The average Bonchev–Trinajstić information content (AvgIpc) is 2.15. The number of hydrogen-bond donors (Lipinski definition) is 1. The van der Waals surface area contributed by atoms with Gasteiger partial charge < -0.3 is 19.1 Å². The van der Waals surface area contributed by atoms with E-state index >= 15 is 0 Å². The van der Waals surface area contributed by atoms with Gasteiger partial charge in [0.1, 0.15) is 23.0 Å². The van der Waals surface area contributed by atoms with Crippen molar-refractivity contribution in [2.75, 3.05) is 0 Å². The van der Waals surface area contributed by atoms with Gasteiger partial charge in [-0.1, -0.05) is 26.3 Å². The number of aliphatic hydroxyl groups is 1. The van der Waals surface area contributed by atoms with Crippen molar-refractivity contribution in [2.45, 2.75) is 0 Å². The quantitative estimate of drug-likeness (QED) is 0.363. The topological polar surface area (TPSA) is 47.9 Å². The van der Waals surface area contributed by atoms with Crippen LogP contribution in [-0.4, -0.2) is 20.8 Å². The summed E-state index contributed by atoms with van der Waals surface area (Å²) in [5.74, 6) is 0.358. The van der Waals surface area contributed by atoms with E-state index in [1.54, 1.807) is 0 Å². The highest BCUT2D eigenvalue weighted by Crippen LogP contribution is 2.07. The monoisotopic (exact) mass is 194 g/mol. The van der Waals surface area contributed by atoms with E-state index in [0.29, 0.717) is 5.76 Å². The molecule has 0 radical (unpaired) electrons. The lowest BCUT2D eigenvalue weighted by molar-refractivity contribution is 0.287. The average molecular weight is 194 g/mol. The summed E-state index contributed by atoms with van der Waals surface area (Å²) < 4.78 is 14.6. The van der Waals surface area contributed by atoms with Gasteiger partial charge in [0.25, 0.3) is 0 Å². The molecule has 74 valence electrons. The molecule has 4 nitrogen and oxygen atoms in total. The lowest BCUT2D eigenvalue weighted by atomic mass is 10.3. The summed E-state index contributed by atoms with van der Waals surface area (Å²) in [6, 6.07) is 0. The van der Waals surface area contributed by atoms with Crippen molar-refractivity contribution in [3.05, 3.63) is 49.4 Å². The maximum atomic E-state index is 8.80. The van der Waals surface area contributed by atoms with Crippen molar-refractivity contribution in [1.29, 1.82) is 0 Å². The first-order chi connectivity index (χ1) is 6.49. The van der Waals surface area contributed by atoms with Crippen LogP contribution in [0.4, 0.5) is 0 Å². The number of hydrogen-bond acceptors (Lipinski definition) is 4. The van der Waals surface area contributed by atoms with E-state index in [9.17, 15) is 0 Å². The molecular formula is C8H12B2O4. The molecular weight excluding hydrogens is 182 g/mol. The molecule has 6 heteroatoms. The highest BCUT2D eigenvalue weighted by molar-refractivity contribution is 6.19. The van der Waals surface area contributed by atoms with Gasteiger partial charge in [-0.15, -0.1) is 0 Å². The zero-order valence-electron chi connectivity index (χ0n) is 8.21. The second-order valence-electron chi connectivity index (χ2n) is 2.33. The zero-order valence-corrected chi connectivity index (χ0v) is 8.21. The fourth-order valence-corrected chi connectivity index (χ4v) is 0.449. The summed E-state index contributed by atoms with van der Waals surface area (Å²) >= 11 is 0. The van der Waals surface area contributed by atoms with E-state index in [0.717, 1.165) is 0 Å².